The molecule has 0 amide bonds. The highest BCUT2D eigenvalue weighted by Gasteiger charge is 2.28. The lowest BCUT2D eigenvalue weighted by atomic mass is 9.91. The number of esters is 1. The summed E-state index contributed by atoms with van der Waals surface area (Å²) >= 11 is 0. The lowest BCUT2D eigenvalue weighted by Crippen LogP contribution is -2.40. The maximum absolute atomic E-state index is 12.4. The van der Waals surface area contributed by atoms with Crippen molar-refractivity contribution in [3.8, 4) is 0 Å². The number of piperidine rings is 1. The second-order valence-electron chi connectivity index (χ2n) is 6.49. The number of ether oxygens (including phenoxy) is 1. The van der Waals surface area contributed by atoms with E-state index in [2.05, 4.69) is 28.9 Å². The van der Waals surface area contributed by atoms with Gasteiger partial charge in [-0.2, -0.15) is 0 Å². The molecule has 2 atom stereocenters. The zero-order valence-electron chi connectivity index (χ0n) is 14.0. The van der Waals surface area contributed by atoms with Crippen LogP contribution in [0.15, 0.2) is 24.3 Å². The summed E-state index contributed by atoms with van der Waals surface area (Å²) < 4.78 is 5.19. The smallest absolute Gasteiger partial charge is 0.361 e. The van der Waals surface area contributed by atoms with Gasteiger partial charge in [-0.3, -0.25) is 0 Å². The number of fused-ring (bicyclic) bond motifs is 1. The lowest BCUT2D eigenvalue weighted by molar-refractivity contribution is 0.0519. The maximum atomic E-state index is 12.4. The standard InChI is InChI=1S/C18H23N3O2/c1-4-23-18(22)16-17(21-10-12(2)9-13(3)11-21)14-7-5-6-8-15(14)19-20-16/h5-8,12-13H,4,9-11H2,1-3H3/t12-,13+. The van der Waals surface area contributed by atoms with Gasteiger partial charge in [0.05, 0.1) is 17.8 Å². The molecule has 122 valence electrons. The van der Waals surface area contributed by atoms with E-state index in [9.17, 15) is 4.79 Å². The Labute approximate surface area is 136 Å². The molecule has 3 rings (SSSR count). The summed E-state index contributed by atoms with van der Waals surface area (Å²) in [5.74, 6) is 0.771. The van der Waals surface area contributed by atoms with Crippen molar-refractivity contribution >= 4 is 22.6 Å². The molecule has 0 radical (unpaired) electrons. The van der Waals surface area contributed by atoms with Gasteiger partial charge in [0, 0.05) is 18.5 Å². The number of rotatable bonds is 3. The first-order chi connectivity index (χ1) is 11.1. The molecular formula is C18H23N3O2. The average molecular weight is 313 g/mol. The third kappa shape index (κ3) is 3.14. The summed E-state index contributed by atoms with van der Waals surface area (Å²) in [7, 11) is 0. The summed E-state index contributed by atoms with van der Waals surface area (Å²) in [6.45, 7) is 8.49. The Morgan fingerprint density at radius 2 is 1.91 bits per heavy atom. The molecule has 0 N–H and O–H groups in total. The zero-order valence-corrected chi connectivity index (χ0v) is 14.0. The third-order valence-corrected chi connectivity index (χ3v) is 4.30. The minimum absolute atomic E-state index is 0.326. The topological polar surface area (TPSA) is 55.3 Å². The van der Waals surface area contributed by atoms with Crippen LogP contribution in [0.5, 0.6) is 0 Å². The predicted molar refractivity (Wildman–Crippen MR) is 90.7 cm³/mol. The third-order valence-electron chi connectivity index (χ3n) is 4.30. The Kier molecular flexibility index (Phi) is 4.46. The van der Waals surface area contributed by atoms with Crippen molar-refractivity contribution in [2.75, 3.05) is 24.6 Å². The van der Waals surface area contributed by atoms with Crippen LogP contribution >= 0.6 is 0 Å². The normalized spacial score (nSPS) is 21.4. The minimum Gasteiger partial charge on any atom is -0.461 e. The fourth-order valence-electron chi connectivity index (χ4n) is 3.54. The zero-order chi connectivity index (χ0) is 16.4. The van der Waals surface area contributed by atoms with Gasteiger partial charge in [0.1, 0.15) is 0 Å². The van der Waals surface area contributed by atoms with Crippen molar-refractivity contribution in [3.05, 3.63) is 30.0 Å². The Hall–Kier alpha value is -2.17. The van der Waals surface area contributed by atoms with Crippen molar-refractivity contribution < 1.29 is 9.53 Å². The SMILES string of the molecule is CCOC(=O)c1nnc2ccccc2c1N1C[C@H](C)C[C@H](C)C1. The largest absolute Gasteiger partial charge is 0.461 e. The Balaban J connectivity index is 2.14. The Morgan fingerprint density at radius 1 is 1.22 bits per heavy atom. The van der Waals surface area contributed by atoms with E-state index in [1.165, 1.54) is 6.42 Å². The molecule has 0 saturated carbocycles. The number of benzene rings is 1. The van der Waals surface area contributed by atoms with E-state index in [0.717, 1.165) is 29.7 Å². The molecule has 1 aromatic carbocycles. The molecule has 1 fully saturated rings. The van der Waals surface area contributed by atoms with Crippen LogP contribution in [0.3, 0.4) is 0 Å². The van der Waals surface area contributed by atoms with Crippen LogP contribution < -0.4 is 4.90 Å². The van der Waals surface area contributed by atoms with E-state index < -0.39 is 5.97 Å². The highest BCUT2D eigenvalue weighted by molar-refractivity contribution is 6.03. The molecule has 1 saturated heterocycles. The van der Waals surface area contributed by atoms with Crippen LogP contribution in [0.4, 0.5) is 5.69 Å². The van der Waals surface area contributed by atoms with E-state index >= 15 is 0 Å². The van der Waals surface area contributed by atoms with Crippen LogP contribution in [-0.2, 0) is 4.74 Å². The molecule has 0 aliphatic carbocycles. The van der Waals surface area contributed by atoms with Gasteiger partial charge in [-0.15, -0.1) is 10.2 Å². The van der Waals surface area contributed by atoms with Crippen LogP contribution in [0.25, 0.3) is 10.9 Å². The monoisotopic (exact) mass is 313 g/mol. The average Bonchev–Trinajstić information content (AvgIpc) is 2.53. The van der Waals surface area contributed by atoms with Crippen LogP contribution in [-0.4, -0.2) is 35.9 Å². The van der Waals surface area contributed by atoms with Gasteiger partial charge in [0.25, 0.3) is 0 Å². The van der Waals surface area contributed by atoms with Crippen LogP contribution in [0.2, 0.25) is 0 Å². The number of hydrogen-bond acceptors (Lipinski definition) is 5. The lowest BCUT2D eigenvalue weighted by Gasteiger charge is -2.37. The number of aromatic nitrogens is 2. The van der Waals surface area contributed by atoms with E-state index in [0.29, 0.717) is 24.1 Å². The molecule has 0 spiro atoms. The van der Waals surface area contributed by atoms with Gasteiger partial charge >= 0.3 is 5.97 Å². The summed E-state index contributed by atoms with van der Waals surface area (Å²) in [6.07, 6.45) is 1.21. The highest BCUT2D eigenvalue weighted by atomic mass is 16.5. The molecule has 23 heavy (non-hydrogen) atoms. The van der Waals surface area contributed by atoms with Crippen LogP contribution in [0, 0.1) is 11.8 Å². The maximum Gasteiger partial charge on any atom is 0.361 e. The van der Waals surface area contributed by atoms with Gasteiger partial charge in [-0.25, -0.2) is 4.79 Å². The van der Waals surface area contributed by atoms with E-state index in [1.54, 1.807) is 6.92 Å². The summed E-state index contributed by atoms with van der Waals surface area (Å²) in [4.78, 5) is 14.6. The van der Waals surface area contributed by atoms with Crippen molar-refractivity contribution in [3.63, 3.8) is 0 Å². The molecule has 2 aromatic rings. The van der Waals surface area contributed by atoms with Crippen molar-refractivity contribution in [2.24, 2.45) is 11.8 Å². The van der Waals surface area contributed by atoms with Crippen molar-refractivity contribution in [2.45, 2.75) is 27.2 Å². The summed E-state index contributed by atoms with van der Waals surface area (Å²) in [6, 6.07) is 7.84. The van der Waals surface area contributed by atoms with Gasteiger partial charge < -0.3 is 9.64 Å². The van der Waals surface area contributed by atoms with Gasteiger partial charge in [-0.1, -0.05) is 32.0 Å². The summed E-state index contributed by atoms with van der Waals surface area (Å²) in [5, 5.41) is 9.35. The van der Waals surface area contributed by atoms with E-state index in [1.807, 2.05) is 24.3 Å². The van der Waals surface area contributed by atoms with Gasteiger partial charge in [-0.05, 0) is 31.2 Å². The van der Waals surface area contributed by atoms with Crippen molar-refractivity contribution in [1.29, 1.82) is 0 Å². The second-order valence-corrected chi connectivity index (χ2v) is 6.49. The first-order valence-electron chi connectivity index (χ1n) is 8.27. The van der Waals surface area contributed by atoms with Gasteiger partial charge in [0.15, 0.2) is 5.69 Å². The molecule has 0 bridgehead atoms. The van der Waals surface area contributed by atoms with Crippen LogP contribution in [0.1, 0.15) is 37.7 Å². The van der Waals surface area contributed by atoms with E-state index in [-0.39, 0.29) is 0 Å². The highest BCUT2D eigenvalue weighted by Crippen LogP contribution is 2.33. The molecular weight excluding hydrogens is 290 g/mol. The molecule has 0 unspecified atom stereocenters. The molecule has 1 aromatic heterocycles. The second kappa shape index (κ2) is 6.52. The molecule has 1 aliphatic rings. The fourth-order valence-corrected chi connectivity index (χ4v) is 3.54. The predicted octanol–water partition coefficient (Wildman–Crippen LogP) is 3.29. The Morgan fingerprint density at radius 3 is 2.61 bits per heavy atom. The number of carbonyl (C=O) groups excluding carboxylic acids is 1. The number of carbonyl (C=O) groups is 1. The molecule has 5 nitrogen and oxygen atoms in total. The fraction of sp³-hybridized carbons (Fsp3) is 0.500. The quantitative estimate of drug-likeness (QED) is 0.814. The molecule has 2 heterocycles. The number of anilines is 1. The first kappa shape index (κ1) is 15.7. The van der Waals surface area contributed by atoms with Crippen molar-refractivity contribution in [1.82, 2.24) is 10.2 Å². The molecule has 5 heteroatoms. The number of nitrogens with zero attached hydrogens (tertiary/aromatic N) is 3. The first-order valence-corrected chi connectivity index (χ1v) is 8.27. The van der Waals surface area contributed by atoms with Gasteiger partial charge in [0.2, 0.25) is 0 Å². The molecule has 1 aliphatic heterocycles. The van der Waals surface area contributed by atoms with E-state index in [4.69, 9.17) is 4.74 Å². The minimum atomic E-state index is -0.397. The Bertz CT molecular complexity index is 706. The number of hydrogen-bond donors (Lipinski definition) is 0. The summed E-state index contributed by atoms with van der Waals surface area (Å²) in [5.41, 5.74) is 2.00.